The topological polar surface area (TPSA) is 0 Å². The molecule has 2 atom stereocenters. The van der Waals surface area contributed by atoms with E-state index in [0.29, 0.717) is 10.8 Å². The monoisotopic (exact) mass is 607 g/mol. The van der Waals surface area contributed by atoms with Crippen molar-refractivity contribution in [1.82, 2.24) is 0 Å². The Hall–Kier alpha value is 0. The molecule has 0 radical (unpaired) electrons. The summed E-state index contributed by atoms with van der Waals surface area (Å²) in [6.07, 6.45) is 49.9. The van der Waals surface area contributed by atoms with Crippen LogP contribution in [0.25, 0.3) is 0 Å². The predicted octanol–water partition coefficient (Wildman–Crippen LogP) is 14.5. The van der Waals surface area contributed by atoms with Gasteiger partial charge < -0.3 is 0 Å². The molecule has 6 aliphatic carbocycles. The fourth-order valence-electron chi connectivity index (χ4n) is 14.7. The van der Waals surface area contributed by atoms with Gasteiger partial charge in [0.15, 0.2) is 0 Å². The zero-order chi connectivity index (χ0) is 30.2. The molecular formula is C44H78. The van der Waals surface area contributed by atoms with E-state index in [9.17, 15) is 0 Å². The zero-order valence-electron chi connectivity index (χ0n) is 30.2. The molecule has 44 heavy (non-hydrogen) atoms. The smallest absolute Gasteiger partial charge is 0.0189 e. The van der Waals surface area contributed by atoms with E-state index in [0.717, 1.165) is 47.3 Å². The lowest BCUT2D eigenvalue weighted by Gasteiger charge is -2.60. The van der Waals surface area contributed by atoms with Crippen LogP contribution in [0.15, 0.2) is 0 Å². The van der Waals surface area contributed by atoms with Crippen molar-refractivity contribution in [2.24, 2.45) is 58.2 Å². The molecule has 0 bridgehead atoms. The summed E-state index contributed by atoms with van der Waals surface area (Å²) in [6.45, 7) is 5.85. The quantitative estimate of drug-likeness (QED) is 0.219. The molecule has 0 aromatic heterocycles. The first-order chi connectivity index (χ1) is 21.6. The Labute approximate surface area is 276 Å². The molecule has 6 saturated carbocycles. The third-order valence-electron chi connectivity index (χ3n) is 16.5. The predicted molar refractivity (Wildman–Crippen MR) is 192 cm³/mol. The van der Waals surface area contributed by atoms with Crippen LogP contribution in [-0.4, -0.2) is 0 Å². The van der Waals surface area contributed by atoms with Crippen molar-refractivity contribution in [3.63, 3.8) is 0 Å². The first kappa shape index (κ1) is 33.9. The molecule has 6 aliphatic rings. The molecule has 0 spiro atoms. The molecule has 0 aliphatic heterocycles. The van der Waals surface area contributed by atoms with Crippen LogP contribution in [0.4, 0.5) is 0 Å². The maximum Gasteiger partial charge on any atom is -0.0189 e. The Balaban J connectivity index is 1.36. The van der Waals surface area contributed by atoms with Gasteiger partial charge in [0, 0.05) is 0 Å². The minimum Gasteiger partial charge on any atom is -0.0619 e. The second kappa shape index (κ2) is 16.4. The third kappa shape index (κ3) is 7.50. The van der Waals surface area contributed by atoms with Crippen LogP contribution in [0, 0.1) is 58.2 Å². The van der Waals surface area contributed by atoms with E-state index in [-0.39, 0.29) is 0 Å². The van der Waals surface area contributed by atoms with Gasteiger partial charge in [-0.2, -0.15) is 0 Å². The molecule has 0 nitrogen and oxygen atoms in total. The Morgan fingerprint density at radius 3 is 1.30 bits per heavy atom. The number of hydrogen-bond acceptors (Lipinski definition) is 0. The highest BCUT2D eigenvalue weighted by Crippen LogP contribution is 2.63. The van der Waals surface area contributed by atoms with Gasteiger partial charge in [0.1, 0.15) is 0 Å². The SMILES string of the molecule is CC(CC(C1CCCCC1)C1CCCCC1)C(C(C)CC1(C2CCCCC2)CCCCC1)(C1CCCCC1)C1CCCCC1. The highest BCUT2D eigenvalue weighted by Gasteiger charge is 2.55. The van der Waals surface area contributed by atoms with Gasteiger partial charge in [-0.05, 0) is 122 Å². The first-order valence-corrected chi connectivity index (χ1v) is 21.6. The van der Waals surface area contributed by atoms with Gasteiger partial charge in [-0.1, -0.05) is 155 Å². The van der Waals surface area contributed by atoms with Crippen LogP contribution in [0.2, 0.25) is 0 Å². The van der Waals surface area contributed by atoms with Crippen molar-refractivity contribution in [1.29, 1.82) is 0 Å². The van der Waals surface area contributed by atoms with Crippen LogP contribution >= 0.6 is 0 Å². The normalized spacial score (nSPS) is 29.5. The van der Waals surface area contributed by atoms with Crippen LogP contribution in [-0.2, 0) is 0 Å². The lowest BCUT2D eigenvalue weighted by Crippen LogP contribution is -2.52. The molecule has 254 valence electrons. The lowest BCUT2D eigenvalue weighted by atomic mass is 9.45. The van der Waals surface area contributed by atoms with Gasteiger partial charge in [0.05, 0.1) is 0 Å². The van der Waals surface area contributed by atoms with E-state index in [4.69, 9.17) is 0 Å². The minimum absolute atomic E-state index is 0.613. The molecule has 0 aromatic rings. The van der Waals surface area contributed by atoms with E-state index in [1.807, 2.05) is 0 Å². The van der Waals surface area contributed by atoms with Crippen LogP contribution in [0.1, 0.15) is 219 Å². The van der Waals surface area contributed by atoms with E-state index >= 15 is 0 Å². The minimum atomic E-state index is 0.613. The van der Waals surface area contributed by atoms with E-state index in [2.05, 4.69) is 13.8 Å². The summed E-state index contributed by atoms with van der Waals surface area (Å²) >= 11 is 0. The van der Waals surface area contributed by atoms with Crippen molar-refractivity contribution >= 4 is 0 Å². The van der Waals surface area contributed by atoms with Gasteiger partial charge in [-0.25, -0.2) is 0 Å². The standard InChI is InChI=1S/C44H78/c1-35(33-42(37-21-9-3-10-22-37)38-23-11-4-12-24-38)44(40-27-15-6-16-28-40,41-29-17-7-18-30-41)36(2)34-43(31-19-8-20-32-43)39-25-13-5-14-26-39/h35-42H,3-34H2,1-2H3. The molecule has 6 fully saturated rings. The van der Waals surface area contributed by atoms with Gasteiger partial charge in [0.25, 0.3) is 0 Å². The molecule has 2 unspecified atom stereocenters. The summed E-state index contributed by atoms with van der Waals surface area (Å²) < 4.78 is 0. The molecule has 0 N–H and O–H groups in total. The van der Waals surface area contributed by atoms with E-state index in [1.165, 1.54) is 51.4 Å². The molecule has 6 rings (SSSR count). The first-order valence-electron chi connectivity index (χ1n) is 21.6. The fourth-order valence-corrected chi connectivity index (χ4v) is 14.7. The number of hydrogen-bond donors (Lipinski definition) is 0. The zero-order valence-corrected chi connectivity index (χ0v) is 30.2. The fraction of sp³-hybridized carbons (Fsp3) is 1.00. The summed E-state index contributed by atoms with van der Waals surface area (Å²) in [5.74, 6) is 8.14. The summed E-state index contributed by atoms with van der Waals surface area (Å²) in [6, 6.07) is 0. The molecule has 0 amide bonds. The molecule has 0 aromatic carbocycles. The van der Waals surface area contributed by atoms with Gasteiger partial charge in [0.2, 0.25) is 0 Å². The van der Waals surface area contributed by atoms with Gasteiger partial charge >= 0.3 is 0 Å². The van der Waals surface area contributed by atoms with Crippen molar-refractivity contribution in [3.05, 3.63) is 0 Å². The van der Waals surface area contributed by atoms with Crippen molar-refractivity contribution in [3.8, 4) is 0 Å². The van der Waals surface area contributed by atoms with Crippen molar-refractivity contribution in [2.45, 2.75) is 219 Å². The van der Waals surface area contributed by atoms with Gasteiger partial charge in [-0.15, -0.1) is 0 Å². The lowest BCUT2D eigenvalue weighted by molar-refractivity contribution is -0.109. The average molecular weight is 607 g/mol. The summed E-state index contributed by atoms with van der Waals surface area (Å²) in [4.78, 5) is 0. The molecule has 0 heteroatoms. The molecule has 0 saturated heterocycles. The Morgan fingerprint density at radius 2 is 0.841 bits per heavy atom. The Morgan fingerprint density at radius 1 is 0.455 bits per heavy atom. The van der Waals surface area contributed by atoms with Crippen molar-refractivity contribution < 1.29 is 0 Å². The maximum absolute atomic E-state index is 2.93. The van der Waals surface area contributed by atoms with E-state index < -0.39 is 0 Å². The Bertz CT molecular complexity index is 752. The summed E-state index contributed by atoms with van der Waals surface area (Å²) in [7, 11) is 0. The Kier molecular flexibility index (Phi) is 12.6. The second-order valence-corrected chi connectivity index (χ2v) is 18.6. The van der Waals surface area contributed by atoms with E-state index in [1.54, 1.807) is 154 Å². The van der Waals surface area contributed by atoms with Crippen molar-refractivity contribution in [2.75, 3.05) is 0 Å². The van der Waals surface area contributed by atoms with Crippen LogP contribution in [0.3, 0.4) is 0 Å². The maximum atomic E-state index is 2.93. The largest absolute Gasteiger partial charge is 0.0619 e. The second-order valence-electron chi connectivity index (χ2n) is 18.6. The average Bonchev–Trinajstić information content (AvgIpc) is 3.10. The van der Waals surface area contributed by atoms with Gasteiger partial charge in [-0.3, -0.25) is 0 Å². The molecular weight excluding hydrogens is 528 g/mol. The third-order valence-corrected chi connectivity index (χ3v) is 16.5. The van der Waals surface area contributed by atoms with Crippen LogP contribution < -0.4 is 0 Å². The van der Waals surface area contributed by atoms with Crippen LogP contribution in [0.5, 0.6) is 0 Å². The highest BCUT2D eigenvalue weighted by molar-refractivity contribution is 5.04. The summed E-state index contributed by atoms with van der Waals surface area (Å²) in [5.41, 5.74) is 1.31. The number of rotatable bonds is 11. The molecule has 0 heterocycles. The summed E-state index contributed by atoms with van der Waals surface area (Å²) in [5, 5.41) is 0. The highest BCUT2D eigenvalue weighted by atomic mass is 14.6.